The summed E-state index contributed by atoms with van der Waals surface area (Å²) in [7, 11) is 0. The number of nitrogens with zero attached hydrogens (tertiary/aromatic N) is 4. The summed E-state index contributed by atoms with van der Waals surface area (Å²) < 4.78 is 12.0. The van der Waals surface area contributed by atoms with Crippen molar-refractivity contribution >= 4 is 5.95 Å². The number of aromatic nitrogens is 3. The molecule has 2 saturated heterocycles. The van der Waals surface area contributed by atoms with Gasteiger partial charge in [0, 0.05) is 37.3 Å². The van der Waals surface area contributed by atoms with Crippen LogP contribution in [0.4, 0.5) is 5.95 Å². The zero-order valence-electron chi connectivity index (χ0n) is 13.0. The summed E-state index contributed by atoms with van der Waals surface area (Å²) in [6, 6.07) is 5.80. The molecular weight excluding hydrogens is 292 g/mol. The van der Waals surface area contributed by atoms with Crippen LogP contribution in [0.2, 0.25) is 0 Å². The normalized spacial score (nSPS) is 22.3. The molecule has 0 aromatic carbocycles. The molecule has 0 radical (unpaired) electrons. The van der Waals surface area contributed by atoms with E-state index >= 15 is 0 Å². The van der Waals surface area contributed by atoms with Gasteiger partial charge in [-0.1, -0.05) is 0 Å². The van der Waals surface area contributed by atoms with Gasteiger partial charge in [0.25, 0.3) is 0 Å². The molecule has 6 nitrogen and oxygen atoms in total. The molecule has 4 heterocycles. The van der Waals surface area contributed by atoms with Gasteiger partial charge in [-0.25, -0.2) is 9.97 Å². The van der Waals surface area contributed by atoms with Crippen molar-refractivity contribution in [3.05, 3.63) is 48.5 Å². The zero-order chi connectivity index (χ0) is 15.5. The average Bonchev–Trinajstić information content (AvgIpc) is 2.99. The van der Waals surface area contributed by atoms with Crippen LogP contribution in [0.25, 0.3) is 0 Å². The minimum absolute atomic E-state index is 0.0859. The first kappa shape index (κ1) is 14.5. The lowest BCUT2D eigenvalue weighted by Crippen LogP contribution is -2.66. The maximum absolute atomic E-state index is 6.06. The molecule has 2 aliphatic rings. The van der Waals surface area contributed by atoms with Crippen LogP contribution in [-0.2, 0) is 16.1 Å². The van der Waals surface area contributed by atoms with E-state index in [2.05, 4.69) is 19.9 Å². The average molecular weight is 312 g/mol. The van der Waals surface area contributed by atoms with Crippen LogP contribution in [0.5, 0.6) is 0 Å². The molecule has 6 heteroatoms. The molecule has 1 atom stereocenters. The number of rotatable bonds is 5. The molecule has 2 aliphatic heterocycles. The fraction of sp³-hybridized carbons (Fsp3) is 0.471. The lowest BCUT2D eigenvalue weighted by molar-refractivity contribution is -0.0657. The molecule has 0 bridgehead atoms. The standard InChI is InChI=1S/C17H20N4O2/c1-5-19-16(20-6-1)21-12-17(13-21)15(4-9-23-17)11-22-10-14-2-7-18-8-3-14/h1-3,5-8,15H,4,9-13H2. The Morgan fingerprint density at radius 3 is 2.74 bits per heavy atom. The molecule has 23 heavy (non-hydrogen) atoms. The molecule has 2 aromatic heterocycles. The second-order valence-corrected chi connectivity index (χ2v) is 6.17. The Kier molecular flexibility index (Phi) is 3.93. The smallest absolute Gasteiger partial charge is 0.225 e. The number of ether oxygens (including phenoxy) is 2. The van der Waals surface area contributed by atoms with Gasteiger partial charge < -0.3 is 14.4 Å². The van der Waals surface area contributed by atoms with Crippen molar-refractivity contribution in [2.45, 2.75) is 18.6 Å². The van der Waals surface area contributed by atoms with Gasteiger partial charge in [0.15, 0.2) is 0 Å². The topological polar surface area (TPSA) is 60.4 Å². The predicted octanol–water partition coefficient (Wildman–Crippen LogP) is 1.68. The minimum atomic E-state index is -0.0859. The molecule has 0 amide bonds. The van der Waals surface area contributed by atoms with Crippen molar-refractivity contribution in [3.63, 3.8) is 0 Å². The van der Waals surface area contributed by atoms with E-state index in [1.54, 1.807) is 24.8 Å². The van der Waals surface area contributed by atoms with Crippen LogP contribution in [0, 0.1) is 5.92 Å². The lowest BCUT2D eigenvalue weighted by atomic mass is 9.81. The highest BCUT2D eigenvalue weighted by molar-refractivity contribution is 5.37. The Bertz CT molecular complexity index is 632. The molecule has 1 spiro atoms. The van der Waals surface area contributed by atoms with Crippen LogP contribution in [-0.4, -0.2) is 46.9 Å². The van der Waals surface area contributed by atoms with Crippen molar-refractivity contribution in [2.24, 2.45) is 5.92 Å². The maximum Gasteiger partial charge on any atom is 0.225 e. The predicted molar refractivity (Wildman–Crippen MR) is 84.9 cm³/mol. The second-order valence-electron chi connectivity index (χ2n) is 6.17. The Balaban J connectivity index is 1.31. The monoisotopic (exact) mass is 312 g/mol. The third-order valence-electron chi connectivity index (χ3n) is 4.69. The number of anilines is 1. The van der Waals surface area contributed by atoms with E-state index in [0.717, 1.165) is 44.2 Å². The third-order valence-corrected chi connectivity index (χ3v) is 4.69. The van der Waals surface area contributed by atoms with Gasteiger partial charge in [0.2, 0.25) is 5.95 Å². The fourth-order valence-corrected chi connectivity index (χ4v) is 3.36. The Labute approximate surface area is 135 Å². The summed E-state index contributed by atoms with van der Waals surface area (Å²) in [6.45, 7) is 3.86. The van der Waals surface area contributed by atoms with Crippen molar-refractivity contribution in [2.75, 3.05) is 31.2 Å². The number of hydrogen-bond donors (Lipinski definition) is 0. The quantitative estimate of drug-likeness (QED) is 0.837. The highest BCUT2D eigenvalue weighted by Crippen LogP contribution is 2.41. The van der Waals surface area contributed by atoms with E-state index in [0.29, 0.717) is 12.5 Å². The van der Waals surface area contributed by atoms with Gasteiger partial charge in [0.1, 0.15) is 5.60 Å². The first-order chi connectivity index (χ1) is 11.4. The fourth-order valence-electron chi connectivity index (χ4n) is 3.36. The number of hydrogen-bond acceptors (Lipinski definition) is 6. The summed E-state index contributed by atoms with van der Waals surface area (Å²) in [5.74, 6) is 1.22. The summed E-state index contributed by atoms with van der Waals surface area (Å²) in [5, 5.41) is 0. The Morgan fingerprint density at radius 2 is 1.96 bits per heavy atom. The maximum atomic E-state index is 6.06. The largest absolute Gasteiger partial charge is 0.376 e. The van der Waals surface area contributed by atoms with E-state index < -0.39 is 0 Å². The molecule has 4 rings (SSSR count). The molecule has 1 unspecified atom stereocenters. The molecule has 0 saturated carbocycles. The first-order valence-electron chi connectivity index (χ1n) is 7.98. The van der Waals surface area contributed by atoms with E-state index in [9.17, 15) is 0 Å². The summed E-state index contributed by atoms with van der Waals surface area (Å²) in [4.78, 5) is 14.8. The van der Waals surface area contributed by atoms with E-state index in [4.69, 9.17) is 9.47 Å². The molecule has 2 fully saturated rings. The summed E-state index contributed by atoms with van der Waals surface area (Å²) >= 11 is 0. The lowest BCUT2D eigenvalue weighted by Gasteiger charge is -2.50. The Morgan fingerprint density at radius 1 is 1.17 bits per heavy atom. The van der Waals surface area contributed by atoms with Crippen LogP contribution >= 0.6 is 0 Å². The van der Waals surface area contributed by atoms with E-state index in [1.807, 2.05) is 18.2 Å². The number of pyridine rings is 1. The summed E-state index contributed by atoms with van der Waals surface area (Å²) in [6.07, 6.45) is 8.20. The minimum Gasteiger partial charge on any atom is -0.376 e. The van der Waals surface area contributed by atoms with Gasteiger partial charge in [-0.3, -0.25) is 4.98 Å². The van der Waals surface area contributed by atoms with Gasteiger partial charge in [-0.2, -0.15) is 0 Å². The summed E-state index contributed by atoms with van der Waals surface area (Å²) in [5.41, 5.74) is 1.07. The van der Waals surface area contributed by atoms with Crippen LogP contribution < -0.4 is 4.90 Å². The zero-order valence-corrected chi connectivity index (χ0v) is 13.0. The van der Waals surface area contributed by atoms with Crippen LogP contribution in [0.1, 0.15) is 12.0 Å². The van der Waals surface area contributed by atoms with Crippen LogP contribution in [0.15, 0.2) is 43.0 Å². The van der Waals surface area contributed by atoms with Crippen LogP contribution in [0.3, 0.4) is 0 Å². The first-order valence-corrected chi connectivity index (χ1v) is 7.98. The van der Waals surface area contributed by atoms with Crippen molar-refractivity contribution in [1.29, 1.82) is 0 Å². The van der Waals surface area contributed by atoms with Gasteiger partial charge in [-0.05, 0) is 30.2 Å². The Hall–Kier alpha value is -2.05. The second kappa shape index (κ2) is 6.22. The van der Waals surface area contributed by atoms with E-state index in [-0.39, 0.29) is 5.60 Å². The highest BCUT2D eigenvalue weighted by Gasteiger charge is 2.53. The SMILES string of the molecule is c1cnc(N2CC3(C2)OCCC3COCc2ccncc2)nc1. The molecular formula is C17H20N4O2. The van der Waals surface area contributed by atoms with E-state index in [1.165, 1.54) is 0 Å². The molecule has 120 valence electrons. The van der Waals surface area contributed by atoms with Gasteiger partial charge in [0.05, 0.1) is 26.3 Å². The van der Waals surface area contributed by atoms with Crippen molar-refractivity contribution < 1.29 is 9.47 Å². The van der Waals surface area contributed by atoms with Gasteiger partial charge >= 0.3 is 0 Å². The molecule has 0 N–H and O–H groups in total. The molecule has 2 aromatic rings. The third kappa shape index (κ3) is 2.92. The molecule has 0 aliphatic carbocycles. The van der Waals surface area contributed by atoms with Gasteiger partial charge in [-0.15, -0.1) is 0 Å². The van der Waals surface area contributed by atoms with Crippen molar-refractivity contribution in [3.8, 4) is 0 Å². The van der Waals surface area contributed by atoms with Crippen molar-refractivity contribution in [1.82, 2.24) is 15.0 Å². The highest BCUT2D eigenvalue weighted by atomic mass is 16.5.